The van der Waals surface area contributed by atoms with E-state index in [1.165, 1.54) is 0 Å². The summed E-state index contributed by atoms with van der Waals surface area (Å²) in [4.78, 5) is 12.2. The minimum atomic E-state index is -0.291. The highest BCUT2D eigenvalue weighted by molar-refractivity contribution is 9.09. The topological polar surface area (TPSA) is 65.0 Å². The van der Waals surface area contributed by atoms with Crippen molar-refractivity contribution in [2.24, 2.45) is 0 Å². The molecule has 0 radical (unpaired) electrons. The van der Waals surface area contributed by atoms with Gasteiger partial charge in [0.2, 0.25) is 0 Å². The molecule has 1 rings (SSSR count). The summed E-state index contributed by atoms with van der Waals surface area (Å²) in [6.07, 6.45) is 0.316. The smallest absolute Gasteiger partial charge is 0.312 e. The largest absolute Gasteiger partial charge is 0.426 e. The fourth-order valence-electron chi connectivity index (χ4n) is 1.41. The first-order valence-electron chi connectivity index (χ1n) is 5.11. The molecule has 1 aromatic carbocycles. The highest BCUT2D eigenvalue weighted by atomic mass is 79.9. The van der Waals surface area contributed by atoms with Gasteiger partial charge in [0, 0.05) is 10.2 Å². The van der Waals surface area contributed by atoms with Crippen molar-refractivity contribution in [3.63, 3.8) is 0 Å². The number of carbonyl (C=O) groups is 1. The zero-order valence-corrected chi connectivity index (χ0v) is 12.3. The molecule has 0 atom stereocenters. The molecule has 0 fully saturated rings. The number of carbonyl (C=O) groups excluding carboxylic acids is 1. The fourth-order valence-corrected chi connectivity index (χ4v) is 2.21. The average Bonchev–Trinajstić information content (AvgIpc) is 2.28. The third-order valence-corrected chi connectivity index (χ3v) is 3.45. The monoisotopic (exact) mass is 336 g/mol. The van der Waals surface area contributed by atoms with E-state index in [1.807, 2.05) is 13.8 Å². The van der Waals surface area contributed by atoms with Crippen LogP contribution in [-0.2, 0) is 14.2 Å². The maximum atomic E-state index is 11.4. The van der Waals surface area contributed by atoms with Crippen molar-refractivity contribution in [3.05, 3.63) is 23.3 Å². The quantitative estimate of drug-likeness (QED) is 0.214. The first kappa shape index (κ1) is 15.5. The summed E-state index contributed by atoms with van der Waals surface area (Å²) >= 11 is 4.07. The third kappa shape index (κ3) is 4.58. The zero-order valence-electron chi connectivity index (χ0n) is 9.94. The molecule has 7 heteroatoms. The zero-order chi connectivity index (χ0) is 13.5. The lowest BCUT2D eigenvalue weighted by Crippen LogP contribution is -2.08. The van der Waals surface area contributed by atoms with Gasteiger partial charge >= 0.3 is 5.97 Å². The lowest BCUT2D eigenvalue weighted by atomic mass is 10.1. The first-order chi connectivity index (χ1) is 8.58. The second kappa shape index (κ2) is 7.75. The van der Waals surface area contributed by atoms with Crippen LogP contribution in [0.2, 0.25) is 0 Å². The van der Waals surface area contributed by atoms with Gasteiger partial charge in [-0.2, -0.15) is 0 Å². The van der Waals surface area contributed by atoms with Gasteiger partial charge in [-0.3, -0.25) is 4.79 Å². The van der Waals surface area contributed by atoms with Crippen LogP contribution in [0.25, 0.3) is 0 Å². The predicted molar refractivity (Wildman–Crippen MR) is 70.6 cm³/mol. The highest BCUT2D eigenvalue weighted by Gasteiger charge is 2.10. The van der Waals surface area contributed by atoms with Crippen LogP contribution in [0, 0.1) is 13.8 Å². The summed E-state index contributed by atoms with van der Waals surface area (Å²) in [5.74, 6) is 0.200. The summed E-state index contributed by atoms with van der Waals surface area (Å²) in [7, 11) is 0. The molecule has 0 amide bonds. The Morgan fingerprint density at radius 2 is 2.00 bits per heavy atom. The van der Waals surface area contributed by atoms with Gasteiger partial charge in [-0.1, -0.05) is 21.0 Å². The number of halogens is 1. The van der Waals surface area contributed by atoms with Gasteiger partial charge in [0.15, 0.2) is 0 Å². The van der Waals surface area contributed by atoms with Crippen molar-refractivity contribution in [1.29, 1.82) is 0 Å². The molecule has 0 saturated heterocycles. The fraction of sp³-hybridized carbons (Fsp3) is 0.364. The van der Waals surface area contributed by atoms with Gasteiger partial charge in [-0.05, 0) is 37.1 Å². The van der Waals surface area contributed by atoms with Crippen LogP contribution in [0.3, 0.4) is 0 Å². The van der Waals surface area contributed by atoms with Crippen molar-refractivity contribution in [2.75, 3.05) is 5.33 Å². The lowest BCUT2D eigenvalue weighted by molar-refractivity contribution is -0.432. The van der Waals surface area contributed by atoms with Crippen molar-refractivity contribution < 1.29 is 24.2 Å². The number of benzene rings is 1. The maximum Gasteiger partial charge on any atom is 0.312 e. The predicted octanol–water partition coefficient (Wildman–Crippen LogP) is 3.42. The van der Waals surface area contributed by atoms with Gasteiger partial charge in [-0.25, -0.2) is 5.26 Å². The SMILES string of the molecule is Cc1cc(OC(=O)CCBr)cc(C)c1SOOO. The number of aryl methyl sites for hydroxylation is 2. The van der Waals surface area contributed by atoms with E-state index in [1.54, 1.807) is 12.1 Å². The van der Waals surface area contributed by atoms with Crippen LogP contribution in [0.1, 0.15) is 17.5 Å². The van der Waals surface area contributed by atoms with Gasteiger partial charge in [0.05, 0.1) is 18.5 Å². The van der Waals surface area contributed by atoms with E-state index in [0.717, 1.165) is 28.1 Å². The molecular weight excluding hydrogens is 324 g/mol. The number of hydrogen-bond donors (Lipinski definition) is 1. The van der Waals surface area contributed by atoms with Crippen molar-refractivity contribution in [3.8, 4) is 5.75 Å². The molecule has 0 spiro atoms. The van der Waals surface area contributed by atoms with Gasteiger partial charge in [-0.15, -0.1) is 4.33 Å². The van der Waals surface area contributed by atoms with Gasteiger partial charge in [0.25, 0.3) is 0 Å². The molecular formula is C11H13BrO5S. The number of ether oxygens (including phenoxy) is 1. The van der Waals surface area contributed by atoms with Crippen molar-refractivity contribution in [2.45, 2.75) is 25.2 Å². The van der Waals surface area contributed by atoms with E-state index in [9.17, 15) is 4.79 Å². The number of alkyl halides is 1. The van der Waals surface area contributed by atoms with Crippen LogP contribution in [-0.4, -0.2) is 16.6 Å². The van der Waals surface area contributed by atoms with Gasteiger partial charge < -0.3 is 4.74 Å². The number of rotatable bonds is 6. The Labute approximate surface area is 118 Å². The van der Waals surface area contributed by atoms with Crippen LogP contribution < -0.4 is 4.74 Å². The molecule has 0 aliphatic rings. The Morgan fingerprint density at radius 1 is 1.39 bits per heavy atom. The minimum absolute atomic E-state index is 0.291. The summed E-state index contributed by atoms with van der Waals surface area (Å²) in [6, 6.07) is 3.45. The third-order valence-electron chi connectivity index (χ3n) is 2.11. The molecule has 0 aliphatic carbocycles. The van der Waals surface area contributed by atoms with Crippen LogP contribution in [0.5, 0.6) is 5.75 Å². The van der Waals surface area contributed by atoms with Crippen molar-refractivity contribution in [1.82, 2.24) is 0 Å². The maximum absolute atomic E-state index is 11.4. The second-order valence-corrected chi connectivity index (χ2v) is 5.03. The normalized spacial score (nSPS) is 10.4. The van der Waals surface area contributed by atoms with E-state index in [-0.39, 0.29) is 5.97 Å². The van der Waals surface area contributed by atoms with Crippen LogP contribution in [0.15, 0.2) is 17.0 Å². The molecule has 0 heterocycles. The van der Waals surface area contributed by atoms with Crippen LogP contribution >= 0.6 is 28.0 Å². The average molecular weight is 337 g/mol. The highest BCUT2D eigenvalue weighted by Crippen LogP contribution is 2.31. The molecule has 18 heavy (non-hydrogen) atoms. The molecule has 0 unspecified atom stereocenters. The van der Waals surface area contributed by atoms with E-state index in [0.29, 0.717) is 17.5 Å². The molecule has 0 saturated carbocycles. The number of esters is 1. The summed E-state index contributed by atoms with van der Waals surface area (Å²) in [5, 5.41) is 12.2. The molecule has 1 N–H and O–H groups in total. The van der Waals surface area contributed by atoms with Crippen molar-refractivity contribution >= 4 is 33.9 Å². The Bertz CT molecular complexity index is 401. The molecule has 5 nitrogen and oxygen atoms in total. The Balaban J connectivity index is 2.82. The summed E-state index contributed by atoms with van der Waals surface area (Å²) < 4.78 is 9.58. The van der Waals surface area contributed by atoms with Crippen LogP contribution in [0.4, 0.5) is 0 Å². The molecule has 0 bridgehead atoms. The molecule has 100 valence electrons. The summed E-state index contributed by atoms with van der Waals surface area (Å²) in [5.41, 5.74) is 1.72. The van der Waals surface area contributed by atoms with E-state index in [4.69, 9.17) is 9.99 Å². The van der Waals surface area contributed by atoms with E-state index < -0.39 is 0 Å². The summed E-state index contributed by atoms with van der Waals surface area (Å²) in [6.45, 7) is 3.69. The van der Waals surface area contributed by atoms with Gasteiger partial charge in [0.1, 0.15) is 5.75 Å². The van der Waals surface area contributed by atoms with E-state index >= 15 is 0 Å². The lowest BCUT2D eigenvalue weighted by Gasteiger charge is -2.10. The molecule has 0 aliphatic heterocycles. The Kier molecular flexibility index (Phi) is 6.66. The molecule has 0 aromatic heterocycles. The molecule has 1 aromatic rings. The first-order valence-corrected chi connectivity index (χ1v) is 6.97. The van der Waals surface area contributed by atoms with E-state index in [2.05, 4.69) is 25.3 Å². The minimum Gasteiger partial charge on any atom is -0.426 e. The Morgan fingerprint density at radius 3 is 2.50 bits per heavy atom. The Hall–Kier alpha value is -0.600. The number of hydrogen-bond acceptors (Lipinski definition) is 6. The second-order valence-electron chi connectivity index (χ2n) is 3.53. The standard InChI is InChI=1S/C11H13BrO5S/c1-7-5-9(15-10(13)3-4-12)6-8(2)11(7)18-17-16-14/h5-6,14H,3-4H2,1-2H3.